The molecular weight excluding hydrogens is 677 g/mol. The van der Waals surface area contributed by atoms with E-state index in [1.807, 2.05) is 0 Å². The molecule has 1 heterocycles. The van der Waals surface area contributed by atoms with Gasteiger partial charge in [-0.1, -0.05) is 290 Å². The summed E-state index contributed by atoms with van der Waals surface area (Å²) in [6.45, 7) is 9.43. The first-order valence-electron chi connectivity index (χ1n) is 26.8. The van der Waals surface area contributed by atoms with E-state index in [-0.39, 0.29) is 0 Å². The molecule has 2 atom stereocenters. The molecule has 0 aliphatic heterocycles. The van der Waals surface area contributed by atoms with Crippen molar-refractivity contribution in [3.05, 3.63) is 18.2 Å². The number of hydrogen-bond acceptors (Lipinski definition) is 1. The van der Waals surface area contributed by atoms with Gasteiger partial charge in [0.25, 0.3) is 0 Å². The molecular formula is C54H106N2. The highest BCUT2D eigenvalue weighted by molar-refractivity contribution is 5.02. The van der Waals surface area contributed by atoms with Gasteiger partial charge in [-0.05, 0) is 26.2 Å². The van der Waals surface area contributed by atoms with Crippen molar-refractivity contribution in [1.82, 2.24) is 9.55 Å². The molecule has 0 bridgehead atoms. The molecule has 0 spiro atoms. The van der Waals surface area contributed by atoms with E-state index in [4.69, 9.17) is 4.98 Å². The molecule has 1 aromatic heterocycles. The first kappa shape index (κ1) is 53.2. The van der Waals surface area contributed by atoms with Crippen LogP contribution in [-0.2, 0) is 0 Å². The molecule has 1 aromatic rings. The van der Waals surface area contributed by atoms with Crippen molar-refractivity contribution in [2.24, 2.45) is 0 Å². The van der Waals surface area contributed by atoms with Crippen molar-refractivity contribution in [3.8, 4) is 0 Å². The molecule has 2 nitrogen and oxygen atoms in total. The highest BCUT2D eigenvalue weighted by Crippen LogP contribution is 2.31. The Hall–Kier alpha value is -0.790. The Balaban J connectivity index is 2.35. The minimum absolute atomic E-state index is 0.583. The minimum atomic E-state index is 0.583. The lowest BCUT2D eigenvalue weighted by molar-refractivity contribution is 0.412. The zero-order valence-corrected chi connectivity index (χ0v) is 39.5. The van der Waals surface area contributed by atoms with Gasteiger partial charge in [0.15, 0.2) is 0 Å². The molecule has 0 aliphatic rings. The Labute approximate surface area is 355 Å². The van der Waals surface area contributed by atoms with Gasteiger partial charge in [0, 0.05) is 24.4 Å². The van der Waals surface area contributed by atoms with E-state index in [0.29, 0.717) is 12.0 Å². The van der Waals surface area contributed by atoms with Crippen molar-refractivity contribution >= 4 is 0 Å². The molecule has 0 N–H and O–H groups in total. The summed E-state index contributed by atoms with van der Waals surface area (Å²) in [5.41, 5.74) is 0. The second kappa shape index (κ2) is 43.8. The van der Waals surface area contributed by atoms with E-state index in [1.54, 1.807) is 0 Å². The van der Waals surface area contributed by atoms with Crippen LogP contribution in [0, 0.1) is 0 Å². The van der Waals surface area contributed by atoms with Crippen LogP contribution in [0.4, 0.5) is 0 Å². The molecule has 0 saturated carbocycles. The molecule has 332 valence electrons. The predicted octanol–water partition coefficient (Wildman–Crippen LogP) is 20.1. The summed E-state index contributed by atoms with van der Waals surface area (Å²) in [6.07, 6.45) is 69.1. The fourth-order valence-corrected chi connectivity index (χ4v) is 9.36. The van der Waals surface area contributed by atoms with Crippen molar-refractivity contribution in [2.75, 3.05) is 0 Å². The van der Waals surface area contributed by atoms with Gasteiger partial charge in [0.2, 0.25) is 0 Å². The molecule has 0 radical (unpaired) electrons. The second-order valence-corrected chi connectivity index (χ2v) is 18.9. The average molecular weight is 783 g/mol. The van der Waals surface area contributed by atoms with Gasteiger partial charge in [-0.25, -0.2) is 4.98 Å². The van der Waals surface area contributed by atoms with Crippen molar-refractivity contribution in [1.29, 1.82) is 0 Å². The maximum Gasteiger partial charge on any atom is 0.111 e. The van der Waals surface area contributed by atoms with Crippen LogP contribution in [0.3, 0.4) is 0 Å². The zero-order chi connectivity index (χ0) is 40.3. The first-order valence-corrected chi connectivity index (χ1v) is 26.8. The molecule has 2 heteroatoms. The van der Waals surface area contributed by atoms with Gasteiger partial charge < -0.3 is 4.57 Å². The third kappa shape index (κ3) is 34.1. The van der Waals surface area contributed by atoms with Crippen molar-refractivity contribution < 1.29 is 0 Å². The molecule has 56 heavy (non-hydrogen) atoms. The highest BCUT2D eigenvalue weighted by atomic mass is 15.1. The molecule has 2 unspecified atom stereocenters. The largest absolute Gasteiger partial charge is 0.332 e. The lowest BCUT2D eigenvalue weighted by atomic mass is 9.92. The Bertz CT molecular complexity index is 858. The summed E-state index contributed by atoms with van der Waals surface area (Å²) < 4.78 is 2.61. The number of nitrogens with zero attached hydrogens (tertiary/aromatic N) is 2. The van der Waals surface area contributed by atoms with Crippen LogP contribution in [0.25, 0.3) is 0 Å². The van der Waals surface area contributed by atoms with Crippen LogP contribution in [0.1, 0.15) is 334 Å². The Morgan fingerprint density at radius 3 is 0.839 bits per heavy atom. The molecule has 0 fully saturated rings. The topological polar surface area (TPSA) is 17.8 Å². The number of hydrogen-bond donors (Lipinski definition) is 0. The van der Waals surface area contributed by atoms with Crippen LogP contribution < -0.4 is 0 Å². The van der Waals surface area contributed by atoms with Crippen LogP contribution in [0.5, 0.6) is 0 Å². The highest BCUT2D eigenvalue weighted by Gasteiger charge is 2.19. The quantitative estimate of drug-likeness (QED) is 0.0602. The van der Waals surface area contributed by atoms with Crippen molar-refractivity contribution in [3.63, 3.8) is 0 Å². The van der Waals surface area contributed by atoms with E-state index < -0.39 is 0 Å². The fraction of sp³-hybridized carbons (Fsp3) is 0.944. The monoisotopic (exact) mass is 783 g/mol. The molecule has 0 saturated heterocycles. The number of unbranched alkanes of at least 4 members (excludes halogenated alkanes) is 39. The summed E-state index contributed by atoms with van der Waals surface area (Å²) in [7, 11) is 0. The summed E-state index contributed by atoms with van der Waals surface area (Å²) in [4.78, 5) is 5.09. The number of rotatable bonds is 47. The van der Waals surface area contributed by atoms with E-state index >= 15 is 0 Å². The van der Waals surface area contributed by atoms with Crippen molar-refractivity contribution in [2.45, 2.75) is 329 Å². The number of aromatic nitrogens is 2. The van der Waals surface area contributed by atoms with Gasteiger partial charge in [0.1, 0.15) is 5.82 Å². The predicted molar refractivity (Wildman–Crippen MR) is 254 cm³/mol. The SMILES string of the molecule is CCCCCCCCCCCCCCCCCC(CCCCCCCCCCCCCCCC)c1nccn1C(C)CCCCCCCCCCCCCCC. The van der Waals surface area contributed by atoms with E-state index in [9.17, 15) is 0 Å². The lowest BCUT2D eigenvalue weighted by Crippen LogP contribution is -2.13. The molecule has 1 rings (SSSR count). The minimum Gasteiger partial charge on any atom is -0.332 e. The maximum absolute atomic E-state index is 5.09. The average Bonchev–Trinajstić information content (AvgIpc) is 3.70. The Kier molecular flexibility index (Phi) is 41.6. The van der Waals surface area contributed by atoms with Gasteiger partial charge in [0.05, 0.1) is 0 Å². The molecule has 0 aromatic carbocycles. The summed E-state index contributed by atoms with van der Waals surface area (Å²) in [6, 6.07) is 0.583. The van der Waals surface area contributed by atoms with E-state index in [1.165, 1.54) is 295 Å². The molecule has 0 aliphatic carbocycles. The van der Waals surface area contributed by atoms with Gasteiger partial charge in [-0.15, -0.1) is 0 Å². The summed E-state index contributed by atoms with van der Waals surface area (Å²) in [5.74, 6) is 2.07. The van der Waals surface area contributed by atoms with Crippen LogP contribution in [0.15, 0.2) is 12.4 Å². The van der Waals surface area contributed by atoms with Crippen LogP contribution >= 0.6 is 0 Å². The third-order valence-corrected chi connectivity index (χ3v) is 13.3. The number of imidazole rings is 1. The second-order valence-electron chi connectivity index (χ2n) is 18.9. The van der Waals surface area contributed by atoms with Gasteiger partial charge in [-0.2, -0.15) is 0 Å². The van der Waals surface area contributed by atoms with E-state index in [0.717, 1.165) is 0 Å². The maximum atomic E-state index is 5.09. The smallest absolute Gasteiger partial charge is 0.111 e. The fourth-order valence-electron chi connectivity index (χ4n) is 9.36. The van der Waals surface area contributed by atoms with E-state index in [2.05, 4.69) is 44.7 Å². The first-order chi connectivity index (χ1) is 27.7. The lowest BCUT2D eigenvalue weighted by Gasteiger charge is -2.22. The summed E-state index contributed by atoms with van der Waals surface area (Å²) in [5, 5.41) is 0. The van der Waals surface area contributed by atoms with Gasteiger partial charge >= 0.3 is 0 Å². The Morgan fingerprint density at radius 1 is 0.339 bits per heavy atom. The zero-order valence-electron chi connectivity index (χ0n) is 39.5. The van der Waals surface area contributed by atoms with Gasteiger partial charge in [-0.3, -0.25) is 0 Å². The van der Waals surface area contributed by atoms with Crippen LogP contribution in [-0.4, -0.2) is 9.55 Å². The third-order valence-electron chi connectivity index (χ3n) is 13.3. The van der Waals surface area contributed by atoms with Crippen LogP contribution in [0.2, 0.25) is 0 Å². The standard InChI is InChI=1S/C54H106N2/c1-5-8-11-14-17-20-23-26-28-31-34-37-40-43-46-49-53(48-45-42-39-36-33-30-27-24-21-18-15-12-9-6-2)54-55-50-51-56(54)52(4)47-44-41-38-35-32-29-25-22-19-16-13-10-7-3/h50-53H,5-49H2,1-4H3. The Morgan fingerprint density at radius 2 is 0.571 bits per heavy atom. The molecule has 0 amide bonds. The summed E-state index contributed by atoms with van der Waals surface area (Å²) >= 11 is 0. The normalized spacial score (nSPS) is 12.9.